The smallest absolute Gasteiger partial charge is 0.303 e. The van der Waals surface area contributed by atoms with Crippen LogP contribution in [-0.2, 0) is 19.2 Å². The van der Waals surface area contributed by atoms with Crippen molar-refractivity contribution in [3.63, 3.8) is 0 Å². The number of nitrogens with one attached hydrogen (secondary N) is 2. The van der Waals surface area contributed by atoms with Crippen molar-refractivity contribution in [3.05, 3.63) is 11.5 Å². The molecule has 0 saturated heterocycles. The number of hydrogen-bond donors (Lipinski definition) is 4. The minimum Gasteiger partial charge on any atom is -0.481 e. The van der Waals surface area contributed by atoms with Gasteiger partial charge < -0.3 is 20.8 Å². The summed E-state index contributed by atoms with van der Waals surface area (Å²) in [6, 6.07) is 0. The van der Waals surface area contributed by atoms with Crippen molar-refractivity contribution >= 4 is 31.6 Å². The zero-order chi connectivity index (χ0) is 16.3. The van der Waals surface area contributed by atoms with Gasteiger partial charge in [0.25, 0.3) is 0 Å². The predicted molar refractivity (Wildman–Crippen MR) is 76.4 cm³/mol. The van der Waals surface area contributed by atoms with Crippen LogP contribution in [0.3, 0.4) is 0 Å². The topological polar surface area (TPSA) is 133 Å². The fraction of sp³-hybridized carbons (Fsp3) is 0.500. The first-order valence-corrected chi connectivity index (χ1v) is 6.51. The maximum atomic E-state index is 11.6. The van der Waals surface area contributed by atoms with E-state index in [-0.39, 0.29) is 31.4 Å². The SMILES string of the molecule is B/C(=C\C(=O)NCCCC(=O)O)C(=O)NCCCC(=O)O. The molecule has 9 heteroatoms. The van der Waals surface area contributed by atoms with Gasteiger partial charge >= 0.3 is 11.9 Å². The highest BCUT2D eigenvalue weighted by atomic mass is 16.4. The lowest BCUT2D eigenvalue weighted by Gasteiger charge is -2.05. The fourth-order valence-electron chi connectivity index (χ4n) is 1.35. The lowest BCUT2D eigenvalue weighted by Crippen LogP contribution is -2.29. The van der Waals surface area contributed by atoms with Crippen molar-refractivity contribution in [3.8, 4) is 0 Å². The molecule has 0 bridgehead atoms. The molecule has 0 unspecified atom stereocenters. The third-order valence-corrected chi connectivity index (χ3v) is 2.43. The molecule has 0 rings (SSSR count). The van der Waals surface area contributed by atoms with Crippen molar-refractivity contribution in [1.29, 1.82) is 0 Å². The lowest BCUT2D eigenvalue weighted by molar-refractivity contribution is -0.138. The zero-order valence-corrected chi connectivity index (χ0v) is 11.8. The van der Waals surface area contributed by atoms with Crippen LogP contribution in [0.5, 0.6) is 0 Å². The van der Waals surface area contributed by atoms with Gasteiger partial charge in [0.2, 0.25) is 11.8 Å². The van der Waals surface area contributed by atoms with Crippen LogP contribution >= 0.6 is 0 Å². The maximum Gasteiger partial charge on any atom is 0.303 e. The summed E-state index contributed by atoms with van der Waals surface area (Å²) >= 11 is 0. The fourth-order valence-corrected chi connectivity index (χ4v) is 1.35. The number of carbonyl (C=O) groups excluding carboxylic acids is 2. The van der Waals surface area contributed by atoms with Gasteiger partial charge in [-0.3, -0.25) is 19.2 Å². The van der Waals surface area contributed by atoms with E-state index in [0.717, 1.165) is 6.08 Å². The van der Waals surface area contributed by atoms with Crippen LogP contribution in [0.4, 0.5) is 0 Å². The average molecular weight is 298 g/mol. The van der Waals surface area contributed by atoms with Gasteiger partial charge in [-0.15, -0.1) is 0 Å². The van der Waals surface area contributed by atoms with E-state index in [2.05, 4.69) is 10.6 Å². The highest BCUT2D eigenvalue weighted by Crippen LogP contribution is 1.92. The largest absolute Gasteiger partial charge is 0.481 e. The molecule has 0 radical (unpaired) electrons. The Labute approximate surface area is 123 Å². The Balaban J connectivity index is 3.97. The van der Waals surface area contributed by atoms with E-state index in [1.807, 2.05) is 0 Å². The average Bonchev–Trinajstić information content (AvgIpc) is 2.39. The quantitative estimate of drug-likeness (QED) is 0.220. The molecule has 0 spiro atoms. The van der Waals surface area contributed by atoms with Gasteiger partial charge in [-0.2, -0.15) is 0 Å². The molecule has 8 nitrogen and oxygen atoms in total. The van der Waals surface area contributed by atoms with Crippen molar-refractivity contribution < 1.29 is 29.4 Å². The maximum absolute atomic E-state index is 11.6. The molecule has 0 fully saturated rings. The molecule has 0 aromatic heterocycles. The normalized spacial score (nSPS) is 10.8. The van der Waals surface area contributed by atoms with Crippen molar-refractivity contribution in [2.75, 3.05) is 13.1 Å². The third kappa shape index (κ3) is 11.2. The summed E-state index contributed by atoms with van der Waals surface area (Å²) in [6.07, 6.45) is 1.68. The van der Waals surface area contributed by atoms with Gasteiger partial charge in [-0.25, -0.2) is 0 Å². The second kappa shape index (κ2) is 10.5. The Morgan fingerprint density at radius 3 is 1.86 bits per heavy atom. The van der Waals surface area contributed by atoms with E-state index < -0.39 is 23.8 Å². The van der Waals surface area contributed by atoms with E-state index in [0.29, 0.717) is 12.8 Å². The molecule has 0 aromatic rings. The van der Waals surface area contributed by atoms with Crippen molar-refractivity contribution in [2.45, 2.75) is 25.7 Å². The molecule has 2 amide bonds. The van der Waals surface area contributed by atoms with Gasteiger partial charge in [0.1, 0.15) is 7.85 Å². The molecular formula is C12H19BN2O6. The molecule has 21 heavy (non-hydrogen) atoms. The molecule has 116 valence electrons. The molecule has 4 N–H and O–H groups in total. The summed E-state index contributed by atoms with van der Waals surface area (Å²) < 4.78 is 0. The van der Waals surface area contributed by atoms with E-state index >= 15 is 0 Å². The molecule has 0 aliphatic heterocycles. The summed E-state index contributed by atoms with van der Waals surface area (Å²) in [5, 5.41) is 21.8. The number of carboxylic acids is 2. The van der Waals surface area contributed by atoms with E-state index in [1.54, 1.807) is 0 Å². The van der Waals surface area contributed by atoms with E-state index in [4.69, 9.17) is 10.2 Å². The number of aliphatic carboxylic acids is 2. The molecule has 0 aliphatic carbocycles. The second-order valence-corrected chi connectivity index (χ2v) is 4.37. The Bertz CT molecular complexity index is 435. The Morgan fingerprint density at radius 1 is 0.905 bits per heavy atom. The minimum atomic E-state index is -0.934. The Hall–Kier alpha value is -2.32. The van der Waals surface area contributed by atoms with E-state index in [9.17, 15) is 19.2 Å². The van der Waals surface area contributed by atoms with Gasteiger partial charge in [-0.05, 0) is 18.3 Å². The Morgan fingerprint density at radius 2 is 1.38 bits per heavy atom. The van der Waals surface area contributed by atoms with Gasteiger partial charge in [0.15, 0.2) is 0 Å². The second-order valence-electron chi connectivity index (χ2n) is 4.37. The molecule has 0 heterocycles. The van der Waals surface area contributed by atoms with Crippen LogP contribution in [0.15, 0.2) is 11.5 Å². The number of amides is 2. The third-order valence-electron chi connectivity index (χ3n) is 2.43. The molecule has 0 atom stereocenters. The summed E-state index contributed by atoms with van der Waals surface area (Å²) in [7, 11) is 1.46. The molecule has 0 aromatic carbocycles. The highest BCUT2D eigenvalue weighted by molar-refractivity contribution is 6.37. The Kier molecular flexibility index (Phi) is 9.32. The zero-order valence-electron chi connectivity index (χ0n) is 11.8. The number of rotatable bonds is 10. The van der Waals surface area contributed by atoms with Crippen LogP contribution in [0.1, 0.15) is 25.7 Å². The highest BCUT2D eigenvalue weighted by Gasteiger charge is 2.06. The van der Waals surface area contributed by atoms with Crippen LogP contribution in [0.2, 0.25) is 0 Å². The van der Waals surface area contributed by atoms with Crippen LogP contribution in [0, 0.1) is 0 Å². The predicted octanol–water partition coefficient (Wildman–Crippen LogP) is -1.53. The van der Waals surface area contributed by atoms with Gasteiger partial charge in [0.05, 0.1) is 0 Å². The van der Waals surface area contributed by atoms with Crippen molar-refractivity contribution in [1.82, 2.24) is 10.6 Å². The van der Waals surface area contributed by atoms with Crippen LogP contribution < -0.4 is 10.6 Å². The minimum absolute atomic E-state index is 0.0346. The van der Waals surface area contributed by atoms with E-state index in [1.165, 1.54) is 7.85 Å². The first-order chi connectivity index (χ1) is 9.82. The number of carbonyl (C=O) groups is 4. The van der Waals surface area contributed by atoms with Crippen LogP contribution in [0.25, 0.3) is 0 Å². The first kappa shape index (κ1) is 18.7. The molecule has 0 saturated carbocycles. The first-order valence-electron chi connectivity index (χ1n) is 6.51. The molecular weight excluding hydrogens is 279 g/mol. The number of hydrogen-bond acceptors (Lipinski definition) is 4. The summed E-state index contributed by atoms with van der Waals surface area (Å²) in [6.45, 7) is 0.436. The van der Waals surface area contributed by atoms with Gasteiger partial charge in [0, 0.05) is 32.0 Å². The monoisotopic (exact) mass is 298 g/mol. The summed E-state index contributed by atoms with van der Waals surface area (Å²) in [5.41, 5.74) is 0.195. The van der Waals surface area contributed by atoms with Gasteiger partial charge in [-0.1, -0.05) is 0 Å². The lowest BCUT2D eigenvalue weighted by atomic mass is 9.94. The molecule has 0 aliphatic rings. The van der Waals surface area contributed by atoms with Crippen LogP contribution in [-0.4, -0.2) is 54.9 Å². The number of carboxylic acid groups (broad SMARTS) is 2. The van der Waals surface area contributed by atoms with Crippen molar-refractivity contribution in [2.24, 2.45) is 0 Å². The standard InChI is InChI=1S/C12H19BN2O6/c13-8(12(21)15-6-2-4-11(19)20)7-9(16)14-5-1-3-10(17)18/h7H,1-6,13H2,(H,14,16)(H,15,21)(H,17,18)(H,19,20)/b8-7-. The summed E-state index contributed by atoms with van der Waals surface area (Å²) in [5.74, 6) is -2.78. The summed E-state index contributed by atoms with van der Waals surface area (Å²) in [4.78, 5) is 43.5.